The summed E-state index contributed by atoms with van der Waals surface area (Å²) in [5.41, 5.74) is -0.426. The van der Waals surface area contributed by atoms with E-state index in [-0.39, 0.29) is 5.56 Å². The molecule has 0 aliphatic rings. The van der Waals surface area contributed by atoms with Gasteiger partial charge >= 0.3 is 0 Å². The molecule has 1 aromatic carbocycles. The largest absolute Gasteiger partial charge is 0.346 e. The van der Waals surface area contributed by atoms with Gasteiger partial charge in [0.05, 0.1) is 5.56 Å². The minimum atomic E-state index is -0.570. The summed E-state index contributed by atoms with van der Waals surface area (Å²) in [4.78, 5) is 11.9. The van der Waals surface area contributed by atoms with Crippen molar-refractivity contribution in [1.29, 1.82) is 0 Å². The Labute approximate surface area is 114 Å². The van der Waals surface area contributed by atoms with Crippen LogP contribution in [0.2, 0.25) is 5.02 Å². The molecule has 1 unspecified atom stereocenters. The molecule has 0 bridgehead atoms. The summed E-state index contributed by atoms with van der Waals surface area (Å²) in [6, 6.07) is 3.93. The van der Waals surface area contributed by atoms with E-state index in [1.54, 1.807) is 0 Å². The van der Waals surface area contributed by atoms with Crippen molar-refractivity contribution in [3.05, 3.63) is 34.6 Å². The van der Waals surface area contributed by atoms with Gasteiger partial charge in [0.1, 0.15) is 5.82 Å². The fourth-order valence-electron chi connectivity index (χ4n) is 1.23. The van der Waals surface area contributed by atoms with Crippen LogP contribution in [0.15, 0.2) is 18.2 Å². The maximum atomic E-state index is 13.5. The Hall–Kier alpha value is -0.610. The molecule has 2 nitrogen and oxygen atoms in total. The number of nitrogens with one attached hydrogen (secondary N) is 1. The normalized spacial score (nSPS) is 14.2. The highest BCUT2D eigenvalue weighted by Crippen LogP contribution is 2.18. The van der Waals surface area contributed by atoms with Crippen molar-refractivity contribution >= 4 is 33.4 Å². The number of carbonyl (C=O) groups is 1. The summed E-state index contributed by atoms with van der Waals surface area (Å²) >= 11 is 9.08. The molecule has 1 N–H and O–H groups in total. The van der Waals surface area contributed by atoms with Crippen molar-refractivity contribution in [3.8, 4) is 0 Å². The number of hydrogen-bond acceptors (Lipinski definition) is 1. The minimum Gasteiger partial charge on any atom is -0.346 e. The van der Waals surface area contributed by atoms with Gasteiger partial charge in [-0.05, 0) is 31.5 Å². The highest BCUT2D eigenvalue weighted by Gasteiger charge is 2.24. The predicted molar refractivity (Wildman–Crippen MR) is 71.4 cm³/mol. The molecule has 1 amide bonds. The number of hydrogen-bond donors (Lipinski definition) is 1. The molecule has 1 atom stereocenters. The quantitative estimate of drug-likeness (QED) is 0.840. The topological polar surface area (TPSA) is 29.1 Å². The third-order valence-corrected chi connectivity index (χ3v) is 4.14. The predicted octanol–water partition coefficient (Wildman–Crippen LogP) is 3.77. The molecule has 5 heteroatoms. The van der Waals surface area contributed by atoms with Crippen LogP contribution >= 0.6 is 27.5 Å². The average Bonchev–Trinajstić information content (AvgIpc) is 2.32. The summed E-state index contributed by atoms with van der Waals surface area (Å²) < 4.78 is 13.5. The zero-order chi connectivity index (χ0) is 13.1. The lowest BCUT2D eigenvalue weighted by Crippen LogP contribution is -2.47. The van der Waals surface area contributed by atoms with Crippen molar-refractivity contribution in [2.24, 2.45) is 0 Å². The van der Waals surface area contributed by atoms with E-state index in [4.69, 9.17) is 11.6 Å². The maximum absolute atomic E-state index is 13.5. The number of benzene rings is 1. The van der Waals surface area contributed by atoms with Crippen molar-refractivity contribution in [3.63, 3.8) is 0 Å². The van der Waals surface area contributed by atoms with E-state index in [1.807, 2.05) is 13.8 Å². The lowest BCUT2D eigenvalue weighted by atomic mass is 10.0. The van der Waals surface area contributed by atoms with Gasteiger partial charge < -0.3 is 5.32 Å². The van der Waals surface area contributed by atoms with Crippen molar-refractivity contribution in [2.45, 2.75) is 25.8 Å². The van der Waals surface area contributed by atoms with Gasteiger partial charge in [-0.15, -0.1) is 0 Å². The fourth-order valence-corrected chi connectivity index (χ4v) is 1.94. The summed E-state index contributed by atoms with van der Waals surface area (Å²) in [5.74, 6) is -1.02. The molecule has 0 spiro atoms. The molecule has 0 aliphatic heterocycles. The van der Waals surface area contributed by atoms with E-state index in [1.165, 1.54) is 18.2 Å². The molecular weight excluding hydrogens is 308 g/mol. The third kappa shape index (κ3) is 3.68. The highest BCUT2D eigenvalue weighted by atomic mass is 79.9. The molecule has 94 valence electrons. The van der Waals surface area contributed by atoms with E-state index >= 15 is 0 Å². The number of carbonyl (C=O) groups excluding carboxylic acids is 1. The van der Waals surface area contributed by atoms with Crippen LogP contribution in [0.4, 0.5) is 4.39 Å². The average molecular weight is 323 g/mol. The molecule has 0 aromatic heterocycles. The van der Waals surface area contributed by atoms with Crippen LogP contribution in [0.5, 0.6) is 0 Å². The van der Waals surface area contributed by atoms with E-state index in [0.29, 0.717) is 10.4 Å². The molecule has 0 heterocycles. The Kier molecular flexibility index (Phi) is 4.95. The van der Waals surface area contributed by atoms with E-state index in [2.05, 4.69) is 21.2 Å². The lowest BCUT2D eigenvalue weighted by molar-refractivity contribution is 0.0909. The van der Waals surface area contributed by atoms with E-state index in [0.717, 1.165) is 6.42 Å². The van der Waals surface area contributed by atoms with Gasteiger partial charge in [-0.3, -0.25) is 4.79 Å². The lowest BCUT2D eigenvalue weighted by Gasteiger charge is -2.27. The number of amides is 1. The Morgan fingerprint density at radius 1 is 1.59 bits per heavy atom. The van der Waals surface area contributed by atoms with Crippen molar-refractivity contribution in [1.82, 2.24) is 5.32 Å². The van der Waals surface area contributed by atoms with Gasteiger partial charge in [-0.1, -0.05) is 34.5 Å². The van der Waals surface area contributed by atoms with Crippen LogP contribution in [0.1, 0.15) is 30.6 Å². The summed E-state index contributed by atoms with van der Waals surface area (Å²) in [7, 11) is 0. The Balaban J connectivity index is 2.94. The van der Waals surface area contributed by atoms with E-state index in [9.17, 15) is 9.18 Å². The first-order valence-electron chi connectivity index (χ1n) is 5.25. The fraction of sp³-hybridized carbons (Fsp3) is 0.417. The summed E-state index contributed by atoms with van der Waals surface area (Å²) in [6.45, 7) is 3.85. The molecule has 17 heavy (non-hydrogen) atoms. The van der Waals surface area contributed by atoms with Gasteiger partial charge in [0, 0.05) is 15.9 Å². The summed E-state index contributed by atoms with van der Waals surface area (Å²) in [6.07, 6.45) is 0.742. The van der Waals surface area contributed by atoms with Crippen molar-refractivity contribution in [2.75, 3.05) is 5.33 Å². The Morgan fingerprint density at radius 3 is 2.76 bits per heavy atom. The molecule has 0 aliphatic carbocycles. The van der Waals surface area contributed by atoms with Crippen LogP contribution in [-0.2, 0) is 0 Å². The number of halogens is 3. The number of rotatable bonds is 4. The van der Waals surface area contributed by atoms with Gasteiger partial charge in [0.15, 0.2) is 0 Å². The second-order valence-electron chi connectivity index (χ2n) is 4.13. The molecule has 1 aromatic rings. The first-order chi connectivity index (χ1) is 7.91. The first kappa shape index (κ1) is 14.5. The zero-order valence-corrected chi connectivity index (χ0v) is 12.0. The van der Waals surface area contributed by atoms with Crippen LogP contribution < -0.4 is 5.32 Å². The molecule has 0 radical (unpaired) electrons. The van der Waals surface area contributed by atoms with Crippen LogP contribution in [0, 0.1) is 5.82 Å². The smallest absolute Gasteiger partial charge is 0.254 e. The Bertz CT molecular complexity index is 421. The third-order valence-electron chi connectivity index (χ3n) is 2.66. The van der Waals surface area contributed by atoms with Crippen molar-refractivity contribution < 1.29 is 9.18 Å². The molecule has 0 fully saturated rings. The van der Waals surface area contributed by atoms with E-state index < -0.39 is 17.3 Å². The Morgan fingerprint density at radius 2 is 2.24 bits per heavy atom. The summed E-state index contributed by atoms with van der Waals surface area (Å²) in [5, 5.41) is 3.74. The van der Waals surface area contributed by atoms with Gasteiger partial charge in [-0.25, -0.2) is 4.39 Å². The van der Waals surface area contributed by atoms with Gasteiger partial charge in [-0.2, -0.15) is 0 Å². The first-order valence-corrected chi connectivity index (χ1v) is 6.75. The highest BCUT2D eigenvalue weighted by molar-refractivity contribution is 9.09. The second-order valence-corrected chi connectivity index (χ2v) is 5.12. The molecule has 1 rings (SSSR count). The zero-order valence-electron chi connectivity index (χ0n) is 9.69. The maximum Gasteiger partial charge on any atom is 0.254 e. The SMILES string of the molecule is CCC(C)(CBr)NC(=O)c1cc(Cl)ccc1F. The van der Waals surface area contributed by atoms with Crippen LogP contribution in [0.3, 0.4) is 0 Å². The number of alkyl halides is 1. The molecular formula is C12H14BrClFNO. The minimum absolute atomic E-state index is 0.0295. The monoisotopic (exact) mass is 321 g/mol. The second kappa shape index (κ2) is 5.83. The van der Waals surface area contributed by atoms with Gasteiger partial charge in [0.25, 0.3) is 5.91 Å². The molecule has 0 saturated heterocycles. The molecule has 0 saturated carbocycles. The van der Waals surface area contributed by atoms with Crippen LogP contribution in [-0.4, -0.2) is 16.8 Å². The van der Waals surface area contributed by atoms with Crippen LogP contribution in [0.25, 0.3) is 0 Å². The standard InChI is InChI=1S/C12H14BrClFNO/c1-3-12(2,7-13)16-11(17)9-6-8(14)4-5-10(9)15/h4-6H,3,7H2,1-2H3,(H,16,17). The van der Waals surface area contributed by atoms with Gasteiger partial charge in [0.2, 0.25) is 0 Å².